The fraction of sp³-hybridized carbons (Fsp3) is 0. The van der Waals surface area contributed by atoms with Gasteiger partial charge in [0.15, 0.2) is 0 Å². The molecule has 3 rings (SSSR count). The maximum atomic E-state index is 12.2. The first kappa shape index (κ1) is 12.9. The summed E-state index contributed by atoms with van der Waals surface area (Å²) in [6.07, 6.45) is 1.34. The van der Waals surface area contributed by atoms with Gasteiger partial charge in [-0.3, -0.25) is 4.79 Å². The molecular formula is C15H11N3O3. The number of rotatable bonds is 2. The molecule has 0 fully saturated rings. The highest BCUT2D eigenvalue weighted by Crippen LogP contribution is 2.08. The Labute approximate surface area is 118 Å². The number of fused-ring (bicyclic) bond motifs is 1. The van der Waals surface area contributed by atoms with E-state index in [1.807, 2.05) is 0 Å². The summed E-state index contributed by atoms with van der Waals surface area (Å²) in [4.78, 5) is 26.7. The topological polar surface area (TPSA) is 87.5 Å². The highest BCUT2D eigenvalue weighted by atomic mass is 16.3. The smallest absolute Gasteiger partial charge is 0.349 e. The lowest BCUT2D eigenvalue weighted by atomic mass is 10.2. The number of hydrogen-bond acceptors (Lipinski definition) is 4. The Morgan fingerprint density at radius 1 is 1.10 bits per heavy atom. The van der Waals surface area contributed by atoms with Gasteiger partial charge in [-0.05, 0) is 29.8 Å². The third kappa shape index (κ3) is 2.46. The van der Waals surface area contributed by atoms with Crippen LogP contribution in [0.5, 0.6) is 5.75 Å². The first-order valence-corrected chi connectivity index (χ1v) is 6.22. The molecule has 2 aromatic carbocycles. The van der Waals surface area contributed by atoms with Crippen LogP contribution in [0.25, 0.3) is 10.9 Å². The van der Waals surface area contributed by atoms with Crippen LogP contribution in [0, 0.1) is 0 Å². The van der Waals surface area contributed by atoms with E-state index in [1.165, 1.54) is 18.3 Å². The molecule has 1 aromatic heterocycles. The van der Waals surface area contributed by atoms with Crippen molar-refractivity contribution >= 4 is 17.1 Å². The average molecular weight is 281 g/mol. The maximum Gasteiger partial charge on any atom is 0.349 e. The summed E-state index contributed by atoms with van der Waals surface area (Å²) in [5.41, 5.74) is -0.0633. The Bertz CT molecular complexity index is 954. The molecule has 0 amide bonds. The van der Waals surface area contributed by atoms with E-state index < -0.39 is 11.2 Å². The van der Waals surface area contributed by atoms with E-state index in [0.717, 1.165) is 4.68 Å². The molecule has 104 valence electrons. The van der Waals surface area contributed by atoms with E-state index in [0.29, 0.717) is 16.5 Å². The lowest BCUT2D eigenvalue weighted by Crippen LogP contribution is -2.32. The summed E-state index contributed by atoms with van der Waals surface area (Å²) in [5, 5.41) is 13.6. The van der Waals surface area contributed by atoms with Crippen molar-refractivity contribution in [2.45, 2.75) is 0 Å². The monoisotopic (exact) mass is 281 g/mol. The number of H-pyrrole nitrogens is 1. The number of hydrogen-bond donors (Lipinski definition) is 2. The zero-order valence-corrected chi connectivity index (χ0v) is 10.9. The van der Waals surface area contributed by atoms with Crippen LogP contribution in [-0.4, -0.2) is 21.0 Å². The summed E-state index contributed by atoms with van der Waals surface area (Å²) < 4.78 is 0.756. The van der Waals surface area contributed by atoms with Crippen molar-refractivity contribution in [2.24, 2.45) is 5.10 Å². The van der Waals surface area contributed by atoms with Crippen molar-refractivity contribution in [1.82, 2.24) is 9.66 Å². The number of nitrogens with zero attached hydrogens (tertiary/aromatic N) is 2. The fourth-order valence-corrected chi connectivity index (χ4v) is 1.99. The molecular weight excluding hydrogens is 270 g/mol. The predicted molar refractivity (Wildman–Crippen MR) is 79.9 cm³/mol. The molecule has 0 atom stereocenters. The fourth-order valence-electron chi connectivity index (χ4n) is 1.99. The lowest BCUT2D eigenvalue weighted by molar-refractivity contribution is 0.475. The van der Waals surface area contributed by atoms with Crippen molar-refractivity contribution in [3.05, 3.63) is 74.9 Å². The molecule has 21 heavy (non-hydrogen) atoms. The molecule has 0 unspecified atom stereocenters. The SMILES string of the molecule is O=c1[nH]c2ccccc2c(=O)n1/N=C/c1cccc(O)c1. The normalized spacial score (nSPS) is 11.2. The second-order valence-electron chi connectivity index (χ2n) is 4.43. The first-order valence-electron chi connectivity index (χ1n) is 6.22. The summed E-state index contributed by atoms with van der Waals surface area (Å²) in [6.45, 7) is 0. The van der Waals surface area contributed by atoms with E-state index in [9.17, 15) is 14.7 Å². The van der Waals surface area contributed by atoms with Gasteiger partial charge < -0.3 is 10.1 Å². The van der Waals surface area contributed by atoms with Crippen LogP contribution in [0.15, 0.2) is 63.2 Å². The van der Waals surface area contributed by atoms with Gasteiger partial charge >= 0.3 is 5.69 Å². The molecule has 0 spiro atoms. The van der Waals surface area contributed by atoms with Crippen molar-refractivity contribution in [2.75, 3.05) is 0 Å². The molecule has 0 radical (unpaired) electrons. The number of phenols is 1. The van der Waals surface area contributed by atoms with Crippen LogP contribution in [0.4, 0.5) is 0 Å². The standard InChI is InChI=1S/C15H11N3O3/c19-11-5-3-4-10(8-11)9-16-18-14(20)12-6-1-2-7-13(12)17-15(18)21/h1-9,19H,(H,17,21)/b16-9+. The first-order chi connectivity index (χ1) is 10.1. The summed E-state index contributed by atoms with van der Waals surface area (Å²) in [7, 11) is 0. The number of aromatic amines is 1. The molecule has 6 heteroatoms. The number of para-hydroxylation sites is 1. The number of aromatic hydroxyl groups is 1. The van der Waals surface area contributed by atoms with Crippen molar-refractivity contribution < 1.29 is 5.11 Å². The minimum atomic E-state index is -0.616. The Morgan fingerprint density at radius 2 is 1.90 bits per heavy atom. The van der Waals surface area contributed by atoms with Gasteiger partial charge in [0.2, 0.25) is 0 Å². The second kappa shape index (κ2) is 5.09. The van der Waals surface area contributed by atoms with E-state index >= 15 is 0 Å². The Hall–Kier alpha value is -3.15. The third-order valence-electron chi connectivity index (χ3n) is 2.98. The maximum absolute atomic E-state index is 12.2. The number of nitrogens with one attached hydrogen (secondary N) is 1. The molecule has 0 aliphatic rings. The second-order valence-corrected chi connectivity index (χ2v) is 4.43. The summed E-state index contributed by atoms with van der Waals surface area (Å²) in [6, 6.07) is 13.1. The molecule has 2 N–H and O–H groups in total. The number of benzene rings is 2. The van der Waals surface area contributed by atoms with Crippen LogP contribution >= 0.6 is 0 Å². The Balaban J connectivity index is 2.13. The minimum absolute atomic E-state index is 0.0821. The van der Waals surface area contributed by atoms with Crippen LogP contribution in [0.3, 0.4) is 0 Å². The van der Waals surface area contributed by atoms with E-state index in [4.69, 9.17) is 0 Å². The van der Waals surface area contributed by atoms with Gasteiger partial charge in [0.1, 0.15) is 5.75 Å². The largest absolute Gasteiger partial charge is 0.508 e. The molecule has 0 saturated heterocycles. The zero-order chi connectivity index (χ0) is 14.8. The number of aromatic nitrogens is 2. The van der Waals surface area contributed by atoms with Crippen LogP contribution in [-0.2, 0) is 0 Å². The van der Waals surface area contributed by atoms with Gasteiger partial charge in [-0.25, -0.2) is 4.79 Å². The van der Waals surface area contributed by atoms with Crippen molar-refractivity contribution in [3.63, 3.8) is 0 Å². The minimum Gasteiger partial charge on any atom is -0.508 e. The molecule has 0 bridgehead atoms. The highest BCUT2D eigenvalue weighted by molar-refractivity contribution is 5.80. The highest BCUT2D eigenvalue weighted by Gasteiger charge is 2.05. The van der Waals surface area contributed by atoms with Gasteiger partial charge in [0.05, 0.1) is 17.1 Å². The van der Waals surface area contributed by atoms with Crippen molar-refractivity contribution in [1.29, 1.82) is 0 Å². The van der Waals surface area contributed by atoms with Crippen LogP contribution in [0.2, 0.25) is 0 Å². The van der Waals surface area contributed by atoms with E-state index in [2.05, 4.69) is 10.1 Å². The van der Waals surface area contributed by atoms with Gasteiger partial charge in [0.25, 0.3) is 5.56 Å². The Morgan fingerprint density at radius 3 is 2.71 bits per heavy atom. The van der Waals surface area contributed by atoms with Gasteiger partial charge in [0, 0.05) is 0 Å². The van der Waals surface area contributed by atoms with Gasteiger partial charge in [-0.1, -0.05) is 24.3 Å². The summed E-state index contributed by atoms with van der Waals surface area (Å²) in [5.74, 6) is 0.0821. The van der Waals surface area contributed by atoms with Crippen molar-refractivity contribution in [3.8, 4) is 5.75 Å². The molecule has 0 aliphatic heterocycles. The number of phenolic OH excluding ortho intramolecular Hbond substituents is 1. The van der Waals surface area contributed by atoms with Crippen LogP contribution in [0.1, 0.15) is 5.56 Å². The zero-order valence-electron chi connectivity index (χ0n) is 10.9. The third-order valence-corrected chi connectivity index (χ3v) is 2.98. The molecule has 3 aromatic rings. The molecule has 1 heterocycles. The quantitative estimate of drug-likeness (QED) is 0.693. The van der Waals surface area contributed by atoms with E-state index in [-0.39, 0.29) is 5.75 Å². The van der Waals surface area contributed by atoms with Gasteiger partial charge in [-0.15, -0.1) is 4.68 Å². The van der Waals surface area contributed by atoms with E-state index in [1.54, 1.807) is 36.4 Å². The molecule has 6 nitrogen and oxygen atoms in total. The average Bonchev–Trinajstić information content (AvgIpc) is 2.47. The Kier molecular flexibility index (Phi) is 3.12. The summed E-state index contributed by atoms with van der Waals surface area (Å²) >= 11 is 0. The van der Waals surface area contributed by atoms with Gasteiger partial charge in [-0.2, -0.15) is 5.10 Å². The van der Waals surface area contributed by atoms with Crippen LogP contribution < -0.4 is 11.2 Å². The molecule has 0 saturated carbocycles. The predicted octanol–water partition coefficient (Wildman–Crippen LogP) is 1.28. The lowest BCUT2D eigenvalue weighted by Gasteiger charge is -2.00. The molecule has 0 aliphatic carbocycles.